The highest BCUT2D eigenvalue weighted by atomic mass is 16.5. The lowest BCUT2D eigenvalue weighted by Gasteiger charge is -2.27. The first-order chi connectivity index (χ1) is 14.5. The third-order valence-electron chi connectivity index (χ3n) is 6.08. The zero-order chi connectivity index (χ0) is 21.3. The molecule has 4 atom stereocenters. The third kappa shape index (κ3) is 6.31. The summed E-state index contributed by atoms with van der Waals surface area (Å²) in [5.41, 5.74) is 1.08. The van der Waals surface area contributed by atoms with E-state index >= 15 is 0 Å². The fraction of sp³-hybridized carbons (Fsp3) is 0.565. The second kappa shape index (κ2) is 11.1. The van der Waals surface area contributed by atoms with Gasteiger partial charge >= 0.3 is 6.03 Å². The molecule has 1 aromatic rings. The molecule has 2 fully saturated rings. The fourth-order valence-electron chi connectivity index (χ4n) is 4.44. The van der Waals surface area contributed by atoms with Crippen molar-refractivity contribution in [3.8, 4) is 0 Å². The number of amides is 3. The molecule has 2 aliphatic heterocycles. The summed E-state index contributed by atoms with van der Waals surface area (Å²) >= 11 is 0. The summed E-state index contributed by atoms with van der Waals surface area (Å²) in [7, 11) is 1.35. The van der Waals surface area contributed by atoms with Gasteiger partial charge < -0.3 is 15.4 Å². The topological polar surface area (TPSA) is 90.9 Å². The van der Waals surface area contributed by atoms with Gasteiger partial charge in [-0.05, 0) is 43.6 Å². The summed E-state index contributed by atoms with van der Waals surface area (Å²) in [5.74, 6) is 0.488. The number of nitrogens with one attached hydrogen (secondary N) is 2. The first-order valence-corrected chi connectivity index (χ1v) is 10.9. The Labute approximate surface area is 178 Å². The molecule has 2 aliphatic rings. The number of allylic oxidation sites excluding steroid dienone is 2. The van der Waals surface area contributed by atoms with Crippen LogP contribution in [0.15, 0.2) is 42.5 Å². The molecule has 1 aromatic carbocycles. The molecule has 0 spiro atoms. The molecular formula is C23H33N3O4. The predicted octanol–water partition coefficient (Wildman–Crippen LogP) is 3.24. The van der Waals surface area contributed by atoms with Gasteiger partial charge in [-0.1, -0.05) is 42.5 Å². The van der Waals surface area contributed by atoms with E-state index in [0.717, 1.165) is 37.7 Å². The van der Waals surface area contributed by atoms with Gasteiger partial charge in [0.1, 0.15) is 0 Å². The van der Waals surface area contributed by atoms with Crippen molar-refractivity contribution in [1.82, 2.24) is 15.7 Å². The van der Waals surface area contributed by atoms with Crippen LogP contribution in [0.2, 0.25) is 0 Å². The molecule has 3 N–H and O–H groups in total. The second-order valence-electron chi connectivity index (χ2n) is 8.18. The molecule has 2 heterocycles. The highest BCUT2D eigenvalue weighted by Crippen LogP contribution is 2.44. The summed E-state index contributed by atoms with van der Waals surface area (Å²) < 4.78 is 6.11. The molecule has 0 aromatic heterocycles. The van der Waals surface area contributed by atoms with Crippen LogP contribution in [-0.2, 0) is 16.1 Å². The Morgan fingerprint density at radius 2 is 1.87 bits per heavy atom. The number of urea groups is 1. The largest absolute Gasteiger partial charge is 0.374 e. The van der Waals surface area contributed by atoms with Crippen molar-refractivity contribution in [2.45, 2.75) is 57.3 Å². The van der Waals surface area contributed by atoms with E-state index in [1.54, 1.807) is 0 Å². The average Bonchev–Trinajstić information content (AvgIpc) is 3.35. The molecule has 2 saturated heterocycles. The van der Waals surface area contributed by atoms with Gasteiger partial charge in [-0.3, -0.25) is 10.0 Å². The first kappa shape index (κ1) is 22.3. The normalized spacial score (nSPS) is 24.9. The zero-order valence-electron chi connectivity index (χ0n) is 17.6. The van der Waals surface area contributed by atoms with Gasteiger partial charge in [0, 0.05) is 32.5 Å². The van der Waals surface area contributed by atoms with E-state index in [9.17, 15) is 9.59 Å². The summed E-state index contributed by atoms with van der Waals surface area (Å²) in [6, 6.07) is 9.72. The van der Waals surface area contributed by atoms with Crippen LogP contribution in [0.4, 0.5) is 4.79 Å². The molecule has 2 bridgehead atoms. The lowest BCUT2D eigenvalue weighted by atomic mass is 9.77. The minimum absolute atomic E-state index is 0.144. The van der Waals surface area contributed by atoms with E-state index < -0.39 is 0 Å². The van der Waals surface area contributed by atoms with E-state index in [0.29, 0.717) is 36.4 Å². The van der Waals surface area contributed by atoms with E-state index in [1.807, 2.05) is 30.3 Å². The van der Waals surface area contributed by atoms with Crippen LogP contribution in [0.25, 0.3) is 0 Å². The van der Waals surface area contributed by atoms with Crippen LogP contribution in [0.5, 0.6) is 0 Å². The average molecular weight is 416 g/mol. The van der Waals surface area contributed by atoms with Crippen LogP contribution in [-0.4, -0.2) is 48.0 Å². The van der Waals surface area contributed by atoms with Crippen molar-refractivity contribution < 1.29 is 19.5 Å². The van der Waals surface area contributed by atoms with Gasteiger partial charge in [0.15, 0.2) is 0 Å². The summed E-state index contributed by atoms with van der Waals surface area (Å²) in [6.07, 6.45) is 9.76. The Hall–Kier alpha value is -2.38. The number of hydroxylamine groups is 2. The zero-order valence-corrected chi connectivity index (χ0v) is 17.6. The van der Waals surface area contributed by atoms with Gasteiger partial charge in [0.05, 0.1) is 12.2 Å². The minimum atomic E-state index is -0.262. The number of carbonyl (C=O) groups excluding carboxylic acids is 2. The van der Waals surface area contributed by atoms with E-state index in [2.05, 4.69) is 22.8 Å². The maximum Gasteiger partial charge on any atom is 0.315 e. The van der Waals surface area contributed by atoms with Crippen molar-refractivity contribution in [2.75, 3.05) is 13.6 Å². The molecule has 0 saturated carbocycles. The first-order valence-electron chi connectivity index (χ1n) is 10.9. The highest BCUT2D eigenvalue weighted by Gasteiger charge is 2.47. The number of carbonyl (C=O) groups is 2. The molecule has 7 nitrogen and oxygen atoms in total. The van der Waals surface area contributed by atoms with Crippen LogP contribution in [0.1, 0.15) is 44.1 Å². The van der Waals surface area contributed by atoms with E-state index in [-0.39, 0.29) is 24.1 Å². The molecule has 0 unspecified atom stereocenters. The number of nitrogens with zero attached hydrogens (tertiary/aromatic N) is 1. The van der Waals surface area contributed by atoms with Crippen LogP contribution in [0, 0.1) is 11.8 Å². The van der Waals surface area contributed by atoms with Crippen molar-refractivity contribution in [3.63, 3.8) is 0 Å². The molecule has 7 heteroatoms. The quantitative estimate of drug-likeness (QED) is 0.237. The van der Waals surface area contributed by atoms with Crippen molar-refractivity contribution in [1.29, 1.82) is 0 Å². The second-order valence-corrected chi connectivity index (χ2v) is 8.18. The smallest absolute Gasteiger partial charge is 0.315 e. The number of hydrogen-bond acceptors (Lipinski definition) is 4. The Morgan fingerprint density at radius 1 is 1.13 bits per heavy atom. The monoisotopic (exact) mass is 415 g/mol. The molecular weight excluding hydrogens is 382 g/mol. The molecule has 3 amide bonds. The maximum absolute atomic E-state index is 12.2. The number of rotatable bonds is 10. The van der Waals surface area contributed by atoms with Crippen molar-refractivity contribution in [3.05, 3.63) is 48.0 Å². The number of fused-ring (bicyclic) bond motifs is 2. The maximum atomic E-state index is 12.2. The van der Waals surface area contributed by atoms with Crippen LogP contribution < -0.4 is 10.6 Å². The molecule has 0 radical (unpaired) electrons. The number of hydrogen-bond donors (Lipinski definition) is 3. The van der Waals surface area contributed by atoms with E-state index in [4.69, 9.17) is 9.94 Å². The Bertz CT molecular complexity index is 722. The van der Waals surface area contributed by atoms with Crippen molar-refractivity contribution in [2.24, 2.45) is 11.8 Å². The lowest BCUT2D eigenvalue weighted by molar-refractivity contribution is -0.159. The Morgan fingerprint density at radius 3 is 2.60 bits per heavy atom. The highest BCUT2D eigenvalue weighted by molar-refractivity contribution is 5.74. The fourth-order valence-corrected chi connectivity index (χ4v) is 4.44. The van der Waals surface area contributed by atoms with Gasteiger partial charge in [-0.15, -0.1) is 0 Å². The summed E-state index contributed by atoms with van der Waals surface area (Å²) in [5, 5.41) is 15.6. The molecule has 3 rings (SSSR count). The standard InChI is InChI=1S/C23H33N3O4/c1-26(29)22(27)12-8-3-2-7-11-18-19(21-14-13-20(18)30-21)16-25-23(28)24-15-17-9-5-4-6-10-17/h2,4-7,9-10,18-21,29H,3,8,11-16H2,1H3,(H2,24,25,28)/t18-,19+,20-,21-/m0/s1. The van der Waals surface area contributed by atoms with Crippen molar-refractivity contribution >= 4 is 11.9 Å². The number of ether oxygens (including phenoxy) is 1. The Kier molecular flexibility index (Phi) is 8.28. The third-order valence-corrected chi connectivity index (χ3v) is 6.08. The summed E-state index contributed by atoms with van der Waals surface area (Å²) in [4.78, 5) is 23.6. The minimum Gasteiger partial charge on any atom is -0.374 e. The number of unbranched alkanes of at least 4 members (excludes halogenated alkanes) is 1. The SMILES string of the molecule is CN(O)C(=O)CCCC=CC[C@H]1[C@@H](CNC(=O)NCc2ccccc2)[C@@H]2CC[C@@H]1O2. The lowest BCUT2D eigenvalue weighted by Crippen LogP contribution is -2.42. The van der Waals surface area contributed by atoms with Gasteiger partial charge in [-0.2, -0.15) is 0 Å². The molecule has 0 aliphatic carbocycles. The Balaban J connectivity index is 1.38. The van der Waals surface area contributed by atoms with Gasteiger partial charge in [-0.25, -0.2) is 9.86 Å². The molecule has 164 valence electrons. The van der Waals surface area contributed by atoms with Crippen LogP contribution in [0.3, 0.4) is 0 Å². The van der Waals surface area contributed by atoms with Crippen LogP contribution >= 0.6 is 0 Å². The van der Waals surface area contributed by atoms with Gasteiger partial charge in [0.2, 0.25) is 5.91 Å². The van der Waals surface area contributed by atoms with E-state index in [1.165, 1.54) is 7.05 Å². The molecule has 30 heavy (non-hydrogen) atoms. The number of benzene rings is 1. The van der Waals surface area contributed by atoms with Gasteiger partial charge in [0.25, 0.3) is 0 Å². The summed E-state index contributed by atoms with van der Waals surface area (Å²) in [6.45, 7) is 1.14. The predicted molar refractivity (Wildman–Crippen MR) is 114 cm³/mol.